The zero-order valence-electron chi connectivity index (χ0n) is 17.8. The lowest BCUT2D eigenvalue weighted by Crippen LogP contribution is -2.47. The van der Waals surface area contributed by atoms with Gasteiger partial charge in [0.2, 0.25) is 5.91 Å². The predicted molar refractivity (Wildman–Crippen MR) is 118 cm³/mol. The maximum Gasteiger partial charge on any atom is 0.239 e. The molecule has 158 valence electrons. The van der Waals surface area contributed by atoms with Gasteiger partial charge in [-0.2, -0.15) is 0 Å². The molecule has 1 amide bonds. The second kappa shape index (κ2) is 9.06. The maximum atomic E-state index is 11.6. The fourth-order valence-electron chi connectivity index (χ4n) is 5.09. The minimum absolute atomic E-state index is 0.0987. The number of anilines is 1. The molecule has 6 heteroatoms. The van der Waals surface area contributed by atoms with Crippen molar-refractivity contribution in [1.82, 2.24) is 15.5 Å². The molecule has 0 radical (unpaired) electrons. The third kappa shape index (κ3) is 4.85. The van der Waals surface area contributed by atoms with Crippen molar-refractivity contribution in [1.29, 1.82) is 0 Å². The minimum Gasteiger partial charge on any atom is -0.360 e. The van der Waals surface area contributed by atoms with Gasteiger partial charge in [-0.15, -0.1) is 0 Å². The van der Waals surface area contributed by atoms with E-state index in [1.54, 1.807) is 0 Å². The SMILES string of the molecule is CCNC(=NCc1ccc(N2CCNC(=O)C2)cc1)N1CCC2(CCCCC2)C1. The van der Waals surface area contributed by atoms with Crippen LogP contribution >= 0.6 is 0 Å². The molecular weight excluding hydrogens is 362 g/mol. The predicted octanol–water partition coefficient (Wildman–Crippen LogP) is 2.74. The molecule has 1 spiro atoms. The molecule has 1 aromatic rings. The monoisotopic (exact) mass is 397 g/mol. The van der Waals surface area contributed by atoms with E-state index in [2.05, 4.69) is 51.6 Å². The number of aliphatic imine (C=N–C) groups is 1. The standard InChI is InChI=1S/C23H35N5O/c1-2-24-22(28-14-12-23(18-28)10-4-3-5-11-23)26-16-19-6-8-20(9-7-19)27-15-13-25-21(29)17-27/h6-9H,2-5,10-18H2,1H3,(H,24,26)(H,25,29). The molecule has 29 heavy (non-hydrogen) atoms. The summed E-state index contributed by atoms with van der Waals surface area (Å²) in [5, 5.41) is 6.38. The summed E-state index contributed by atoms with van der Waals surface area (Å²) in [7, 11) is 0. The van der Waals surface area contributed by atoms with Crippen molar-refractivity contribution in [2.45, 2.75) is 52.0 Å². The van der Waals surface area contributed by atoms with Crippen LogP contribution in [0.2, 0.25) is 0 Å². The van der Waals surface area contributed by atoms with Crippen LogP contribution in [0.1, 0.15) is 51.0 Å². The number of nitrogens with zero attached hydrogens (tertiary/aromatic N) is 3. The Bertz CT molecular complexity index is 723. The van der Waals surface area contributed by atoms with Crippen LogP contribution in [0.25, 0.3) is 0 Å². The fourth-order valence-corrected chi connectivity index (χ4v) is 5.09. The first-order valence-corrected chi connectivity index (χ1v) is 11.3. The molecule has 0 unspecified atom stereocenters. The lowest BCUT2D eigenvalue weighted by atomic mass is 9.73. The largest absolute Gasteiger partial charge is 0.360 e. The van der Waals surface area contributed by atoms with E-state index in [1.165, 1.54) is 44.1 Å². The molecule has 0 aromatic heterocycles. The lowest BCUT2D eigenvalue weighted by Gasteiger charge is -2.33. The third-order valence-electron chi connectivity index (χ3n) is 6.74. The molecule has 2 N–H and O–H groups in total. The van der Waals surface area contributed by atoms with Gasteiger partial charge in [0.05, 0.1) is 13.1 Å². The van der Waals surface area contributed by atoms with Crippen molar-refractivity contribution in [3.63, 3.8) is 0 Å². The number of carbonyl (C=O) groups is 1. The number of hydrogen-bond acceptors (Lipinski definition) is 3. The molecule has 2 heterocycles. The minimum atomic E-state index is 0.0987. The number of hydrogen-bond donors (Lipinski definition) is 2. The van der Waals surface area contributed by atoms with E-state index in [0.717, 1.165) is 37.8 Å². The Labute approximate surface area is 174 Å². The van der Waals surface area contributed by atoms with E-state index in [0.29, 0.717) is 25.0 Å². The molecule has 0 atom stereocenters. The van der Waals surface area contributed by atoms with E-state index in [9.17, 15) is 4.79 Å². The van der Waals surface area contributed by atoms with E-state index < -0.39 is 0 Å². The fraction of sp³-hybridized carbons (Fsp3) is 0.652. The van der Waals surface area contributed by atoms with Crippen LogP contribution in [0.4, 0.5) is 5.69 Å². The highest BCUT2D eigenvalue weighted by atomic mass is 16.2. The molecule has 4 rings (SSSR count). The van der Waals surface area contributed by atoms with Gasteiger partial charge in [0.1, 0.15) is 0 Å². The molecular formula is C23H35N5O. The number of amides is 1. The van der Waals surface area contributed by atoms with Crippen LogP contribution in [-0.2, 0) is 11.3 Å². The summed E-state index contributed by atoms with van der Waals surface area (Å²) in [6, 6.07) is 8.51. The van der Waals surface area contributed by atoms with Gasteiger partial charge in [0.25, 0.3) is 0 Å². The Morgan fingerprint density at radius 3 is 2.66 bits per heavy atom. The quantitative estimate of drug-likeness (QED) is 0.606. The normalized spacial score (nSPS) is 22.1. The number of rotatable bonds is 4. The van der Waals surface area contributed by atoms with Gasteiger partial charge in [-0.25, -0.2) is 4.99 Å². The molecule has 2 saturated heterocycles. The van der Waals surface area contributed by atoms with Crippen LogP contribution in [0.15, 0.2) is 29.3 Å². The zero-order chi connectivity index (χ0) is 20.1. The summed E-state index contributed by atoms with van der Waals surface area (Å²) in [6.07, 6.45) is 8.29. The second-order valence-corrected chi connectivity index (χ2v) is 8.84. The number of carbonyl (C=O) groups excluding carboxylic acids is 1. The molecule has 0 bridgehead atoms. The summed E-state index contributed by atoms with van der Waals surface area (Å²) < 4.78 is 0. The van der Waals surface area contributed by atoms with Gasteiger partial charge in [-0.05, 0) is 49.3 Å². The van der Waals surface area contributed by atoms with Gasteiger partial charge in [0.15, 0.2) is 5.96 Å². The van der Waals surface area contributed by atoms with Gasteiger partial charge in [-0.3, -0.25) is 4.79 Å². The first-order valence-electron chi connectivity index (χ1n) is 11.3. The topological polar surface area (TPSA) is 60.0 Å². The number of nitrogens with one attached hydrogen (secondary N) is 2. The highest BCUT2D eigenvalue weighted by Crippen LogP contribution is 2.43. The zero-order valence-corrected chi connectivity index (χ0v) is 17.8. The second-order valence-electron chi connectivity index (χ2n) is 8.84. The maximum absolute atomic E-state index is 11.6. The third-order valence-corrected chi connectivity index (χ3v) is 6.74. The van der Waals surface area contributed by atoms with Crippen LogP contribution in [-0.4, -0.2) is 56.0 Å². The molecule has 3 fully saturated rings. The van der Waals surface area contributed by atoms with Crippen molar-refractivity contribution in [3.8, 4) is 0 Å². The Hall–Kier alpha value is -2.24. The number of likely N-dealkylation sites (tertiary alicyclic amines) is 1. The number of guanidine groups is 1. The van der Waals surface area contributed by atoms with Crippen molar-refractivity contribution >= 4 is 17.6 Å². The van der Waals surface area contributed by atoms with Crippen molar-refractivity contribution < 1.29 is 4.79 Å². The Morgan fingerprint density at radius 1 is 1.14 bits per heavy atom. The summed E-state index contributed by atoms with van der Waals surface area (Å²) >= 11 is 0. The van der Waals surface area contributed by atoms with E-state index in [1.807, 2.05) is 0 Å². The summed E-state index contributed by atoms with van der Waals surface area (Å²) in [5.41, 5.74) is 2.85. The molecule has 6 nitrogen and oxygen atoms in total. The Kier molecular flexibility index (Phi) is 6.26. The Morgan fingerprint density at radius 2 is 1.93 bits per heavy atom. The highest BCUT2D eigenvalue weighted by Gasteiger charge is 2.39. The van der Waals surface area contributed by atoms with Gasteiger partial charge < -0.3 is 20.4 Å². The van der Waals surface area contributed by atoms with Crippen molar-refractivity contribution in [3.05, 3.63) is 29.8 Å². The number of piperazine rings is 1. The molecule has 1 saturated carbocycles. The van der Waals surface area contributed by atoms with Crippen LogP contribution in [0.3, 0.4) is 0 Å². The average Bonchev–Trinajstić information content (AvgIpc) is 3.15. The van der Waals surface area contributed by atoms with E-state index >= 15 is 0 Å². The van der Waals surface area contributed by atoms with Gasteiger partial charge in [0, 0.05) is 38.4 Å². The first-order chi connectivity index (χ1) is 14.2. The lowest BCUT2D eigenvalue weighted by molar-refractivity contribution is -0.120. The molecule has 1 aliphatic carbocycles. The first kappa shape index (κ1) is 20.0. The van der Waals surface area contributed by atoms with Gasteiger partial charge >= 0.3 is 0 Å². The van der Waals surface area contributed by atoms with Crippen LogP contribution in [0.5, 0.6) is 0 Å². The summed E-state index contributed by atoms with van der Waals surface area (Å²) in [4.78, 5) is 21.2. The van der Waals surface area contributed by atoms with Crippen LogP contribution in [0, 0.1) is 5.41 Å². The Balaban J connectivity index is 1.38. The summed E-state index contributed by atoms with van der Waals surface area (Å²) in [5.74, 6) is 1.16. The number of benzene rings is 1. The smallest absolute Gasteiger partial charge is 0.239 e. The molecule has 2 aliphatic heterocycles. The molecule has 1 aromatic carbocycles. The van der Waals surface area contributed by atoms with Crippen molar-refractivity contribution in [2.24, 2.45) is 10.4 Å². The average molecular weight is 398 g/mol. The van der Waals surface area contributed by atoms with Gasteiger partial charge in [-0.1, -0.05) is 31.4 Å². The van der Waals surface area contributed by atoms with E-state index in [-0.39, 0.29) is 5.91 Å². The highest BCUT2D eigenvalue weighted by molar-refractivity contribution is 5.82. The summed E-state index contributed by atoms with van der Waals surface area (Å²) in [6.45, 7) is 8.05. The van der Waals surface area contributed by atoms with E-state index in [4.69, 9.17) is 4.99 Å². The molecule has 3 aliphatic rings. The van der Waals surface area contributed by atoms with Crippen molar-refractivity contribution in [2.75, 3.05) is 44.2 Å². The van der Waals surface area contributed by atoms with Crippen LogP contribution < -0.4 is 15.5 Å².